The van der Waals surface area contributed by atoms with E-state index in [1.807, 2.05) is 6.07 Å². The normalized spacial score (nSPS) is 10.8. The number of halogens is 3. The summed E-state index contributed by atoms with van der Waals surface area (Å²) in [6, 6.07) is 11.5. The number of anilines is 1. The average Bonchev–Trinajstić information content (AvgIpc) is 2.38. The Morgan fingerprint density at radius 3 is 2.70 bits per heavy atom. The number of rotatable bonds is 3. The van der Waals surface area contributed by atoms with Gasteiger partial charge < -0.3 is 5.32 Å². The van der Waals surface area contributed by atoms with Gasteiger partial charge in [0.05, 0.1) is 5.02 Å². The van der Waals surface area contributed by atoms with Crippen molar-refractivity contribution in [2.75, 3.05) is 5.32 Å². The van der Waals surface area contributed by atoms with Crippen LogP contribution in [0.2, 0.25) is 5.02 Å². The zero-order chi connectivity index (χ0) is 14.5. The molecular formula is C15H10BrClFNO. The number of nitrogens with one attached hydrogen (secondary N) is 1. The van der Waals surface area contributed by atoms with E-state index < -0.39 is 5.82 Å². The highest BCUT2D eigenvalue weighted by molar-refractivity contribution is 9.10. The summed E-state index contributed by atoms with van der Waals surface area (Å²) in [6.45, 7) is 0. The Kier molecular flexibility index (Phi) is 4.93. The van der Waals surface area contributed by atoms with Gasteiger partial charge in [-0.2, -0.15) is 0 Å². The molecule has 0 aliphatic heterocycles. The van der Waals surface area contributed by atoms with Gasteiger partial charge in [-0.05, 0) is 36.4 Å². The van der Waals surface area contributed by atoms with Crippen LogP contribution in [0.5, 0.6) is 0 Å². The van der Waals surface area contributed by atoms with E-state index in [1.165, 1.54) is 24.3 Å². The first-order valence-electron chi connectivity index (χ1n) is 5.75. The number of hydrogen-bond acceptors (Lipinski definition) is 1. The Hall–Kier alpha value is -1.65. The zero-order valence-electron chi connectivity index (χ0n) is 10.2. The Labute approximate surface area is 129 Å². The van der Waals surface area contributed by atoms with Crippen LogP contribution in [0, 0.1) is 5.82 Å². The molecule has 0 atom stereocenters. The lowest BCUT2D eigenvalue weighted by Gasteiger charge is -2.03. The van der Waals surface area contributed by atoms with E-state index in [0.717, 1.165) is 4.47 Å². The maximum absolute atomic E-state index is 13.5. The first-order chi connectivity index (χ1) is 9.56. The topological polar surface area (TPSA) is 29.1 Å². The van der Waals surface area contributed by atoms with Crippen LogP contribution in [0.4, 0.5) is 10.1 Å². The first-order valence-corrected chi connectivity index (χ1v) is 6.92. The molecule has 0 heterocycles. The molecule has 0 aromatic heterocycles. The minimum Gasteiger partial charge on any atom is -0.322 e. The number of amides is 1. The summed E-state index contributed by atoms with van der Waals surface area (Å²) < 4.78 is 14.4. The van der Waals surface area contributed by atoms with Crippen LogP contribution < -0.4 is 5.32 Å². The Bertz CT molecular complexity index is 652. The van der Waals surface area contributed by atoms with Crippen molar-refractivity contribution in [1.82, 2.24) is 0 Å². The quantitative estimate of drug-likeness (QED) is 0.781. The summed E-state index contributed by atoms with van der Waals surface area (Å²) in [5.41, 5.74) is 0.840. The molecule has 0 spiro atoms. The van der Waals surface area contributed by atoms with Crippen molar-refractivity contribution in [3.05, 3.63) is 69.4 Å². The molecule has 0 unspecified atom stereocenters. The van der Waals surface area contributed by atoms with E-state index in [9.17, 15) is 9.18 Å². The maximum atomic E-state index is 13.5. The molecule has 20 heavy (non-hydrogen) atoms. The lowest BCUT2D eigenvalue weighted by atomic mass is 10.2. The predicted octanol–water partition coefficient (Wildman–Crippen LogP) is 4.89. The van der Waals surface area contributed by atoms with Crippen molar-refractivity contribution in [2.24, 2.45) is 0 Å². The summed E-state index contributed by atoms with van der Waals surface area (Å²) >= 11 is 9.18. The van der Waals surface area contributed by atoms with Crippen LogP contribution >= 0.6 is 27.5 Å². The minimum atomic E-state index is -0.469. The number of hydrogen-bond donors (Lipinski definition) is 1. The molecule has 0 bridgehead atoms. The SMILES string of the molecule is O=C(/C=C/c1c(F)cccc1Cl)Nc1cccc(Br)c1. The Morgan fingerprint density at radius 2 is 2.00 bits per heavy atom. The molecule has 1 amide bonds. The summed E-state index contributed by atoms with van der Waals surface area (Å²) in [6.07, 6.45) is 2.59. The fourth-order valence-electron chi connectivity index (χ4n) is 1.58. The van der Waals surface area contributed by atoms with Gasteiger partial charge in [-0.25, -0.2) is 4.39 Å². The summed E-state index contributed by atoms with van der Waals surface area (Å²) in [5.74, 6) is -0.827. The van der Waals surface area contributed by atoms with Crippen LogP contribution in [0.25, 0.3) is 6.08 Å². The second kappa shape index (κ2) is 6.68. The largest absolute Gasteiger partial charge is 0.322 e. The fourth-order valence-corrected chi connectivity index (χ4v) is 2.20. The number of carbonyl (C=O) groups is 1. The molecule has 0 saturated carbocycles. The lowest BCUT2D eigenvalue weighted by molar-refractivity contribution is -0.111. The van der Waals surface area contributed by atoms with Gasteiger partial charge in [-0.1, -0.05) is 39.7 Å². The van der Waals surface area contributed by atoms with Crippen molar-refractivity contribution < 1.29 is 9.18 Å². The molecule has 0 aliphatic rings. The van der Waals surface area contributed by atoms with Gasteiger partial charge in [0.2, 0.25) is 5.91 Å². The van der Waals surface area contributed by atoms with Crippen molar-refractivity contribution in [3.63, 3.8) is 0 Å². The smallest absolute Gasteiger partial charge is 0.248 e. The van der Waals surface area contributed by atoms with Crippen molar-refractivity contribution in [3.8, 4) is 0 Å². The third-order valence-corrected chi connectivity index (χ3v) is 3.32. The fraction of sp³-hybridized carbons (Fsp3) is 0. The van der Waals surface area contributed by atoms with Crippen LogP contribution in [0.1, 0.15) is 5.56 Å². The second-order valence-electron chi connectivity index (χ2n) is 3.97. The van der Waals surface area contributed by atoms with Gasteiger partial charge in [-0.3, -0.25) is 4.79 Å². The molecule has 102 valence electrons. The van der Waals surface area contributed by atoms with Gasteiger partial charge in [0.1, 0.15) is 5.82 Å². The first kappa shape index (κ1) is 14.8. The third-order valence-electron chi connectivity index (χ3n) is 2.49. The molecule has 0 radical (unpaired) electrons. The monoisotopic (exact) mass is 353 g/mol. The molecule has 0 fully saturated rings. The van der Waals surface area contributed by atoms with Crippen LogP contribution in [0.15, 0.2) is 53.0 Å². The predicted molar refractivity (Wildman–Crippen MR) is 83.2 cm³/mol. The van der Waals surface area contributed by atoms with Gasteiger partial charge >= 0.3 is 0 Å². The van der Waals surface area contributed by atoms with Crippen LogP contribution in [-0.4, -0.2) is 5.91 Å². The molecule has 5 heteroatoms. The highest BCUT2D eigenvalue weighted by Crippen LogP contribution is 2.20. The molecule has 2 nitrogen and oxygen atoms in total. The molecule has 0 saturated heterocycles. The van der Waals surface area contributed by atoms with Gasteiger partial charge in [0.15, 0.2) is 0 Å². The maximum Gasteiger partial charge on any atom is 0.248 e. The van der Waals surface area contributed by atoms with E-state index in [0.29, 0.717) is 5.69 Å². The molecule has 2 rings (SSSR count). The Balaban J connectivity index is 2.10. The van der Waals surface area contributed by atoms with Crippen LogP contribution in [0.3, 0.4) is 0 Å². The molecular weight excluding hydrogens is 345 g/mol. The molecule has 1 N–H and O–H groups in total. The standard InChI is InChI=1S/C15H10BrClFNO/c16-10-3-1-4-11(9-10)19-15(20)8-7-12-13(17)5-2-6-14(12)18/h1-9H,(H,19,20)/b8-7+. The van der Waals surface area contributed by atoms with E-state index in [4.69, 9.17) is 11.6 Å². The van der Waals surface area contributed by atoms with Gasteiger partial charge in [0, 0.05) is 21.8 Å². The highest BCUT2D eigenvalue weighted by Gasteiger charge is 2.04. The van der Waals surface area contributed by atoms with Crippen LogP contribution in [-0.2, 0) is 4.79 Å². The van der Waals surface area contributed by atoms with E-state index in [-0.39, 0.29) is 16.5 Å². The average molecular weight is 355 g/mol. The number of benzene rings is 2. The highest BCUT2D eigenvalue weighted by atomic mass is 79.9. The van der Waals surface area contributed by atoms with Crippen molar-refractivity contribution in [2.45, 2.75) is 0 Å². The molecule has 0 aliphatic carbocycles. The van der Waals surface area contributed by atoms with Crippen molar-refractivity contribution in [1.29, 1.82) is 0 Å². The van der Waals surface area contributed by atoms with Gasteiger partial charge in [0.25, 0.3) is 0 Å². The third kappa shape index (κ3) is 3.92. The summed E-state index contributed by atoms with van der Waals surface area (Å²) in [7, 11) is 0. The number of carbonyl (C=O) groups excluding carboxylic acids is 1. The minimum absolute atomic E-state index is 0.193. The van der Waals surface area contributed by atoms with Gasteiger partial charge in [-0.15, -0.1) is 0 Å². The molecule has 2 aromatic carbocycles. The Morgan fingerprint density at radius 1 is 1.25 bits per heavy atom. The second-order valence-corrected chi connectivity index (χ2v) is 5.29. The summed E-state index contributed by atoms with van der Waals surface area (Å²) in [4.78, 5) is 11.7. The zero-order valence-corrected chi connectivity index (χ0v) is 12.6. The van der Waals surface area contributed by atoms with Crippen molar-refractivity contribution >= 4 is 45.2 Å². The van der Waals surface area contributed by atoms with E-state index >= 15 is 0 Å². The van der Waals surface area contributed by atoms with E-state index in [1.54, 1.807) is 24.3 Å². The van der Waals surface area contributed by atoms with E-state index in [2.05, 4.69) is 21.2 Å². The lowest BCUT2D eigenvalue weighted by Crippen LogP contribution is -2.07. The summed E-state index contributed by atoms with van der Waals surface area (Å²) in [5, 5.41) is 2.93. The molecule has 2 aromatic rings.